The number of benzene rings is 2. The van der Waals surface area contributed by atoms with E-state index >= 15 is 0 Å². The first-order valence-corrected chi connectivity index (χ1v) is 8.12. The van der Waals surface area contributed by atoms with Crippen LogP contribution in [0, 0.1) is 0 Å². The Morgan fingerprint density at radius 3 is 2.50 bits per heavy atom. The second-order valence-electron chi connectivity index (χ2n) is 6.00. The fourth-order valence-corrected chi connectivity index (χ4v) is 2.53. The number of para-hydroxylation sites is 1. The van der Waals surface area contributed by atoms with Gasteiger partial charge in [-0.25, -0.2) is 10.1 Å². The Labute approximate surface area is 149 Å². The molecule has 0 fully saturated rings. The van der Waals surface area contributed by atoms with Gasteiger partial charge in [-0.3, -0.25) is 9.59 Å². The summed E-state index contributed by atoms with van der Waals surface area (Å²) in [5, 5.41) is 18.7. The van der Waals surface area contributed by atoms with Gasteiger partial charge in [-0.05, 0) is 32.0 Å². The largest absolute Gasteiger partial charge is 0.507 e. The molecular formula is C19H18N4O3. The summed E-state index contributed by atoms with van der Waals surface area (Å²) < 4.78 is 1.28. The second kappa shape index (κ2) is 7.18. The minimum atomic E-state index is -0.540. The van der Waals surface area contributed by atoms with E-state index < -0.39 is 5.91 Å². The van der Waals surface area contributed by atoms with Crippen molar-refractivity contribution in [2.24, 2.45) is 5.10 Å². The zero-order chi connectivity index (χ0) is 18.7. The molecule has 0 atom stereocenters. The zero-order valence-electron chi connectivity index (χ0n) is 14.4. The maximum atomic E-state index is 12.6. The molecule has 0 bridgehead atoms. The number of amides is 1. The summed E-state index contributed by atoms with van der Waals surface area (Å²) >= 11 is 0. The van der Waals surface area contributed by atoms with Crippen molar-refractivity contribution in [2.75, 3.05) is 0 Å². The highest BCUT2D eigenvalue weighted by Gasteiger charge is 2.17. The van der Waals surface area contributed by atoms with E-state index in [0.29, 0.717) is 16.3 Å². The highest BCUT2D eigenvalue weighted by Crippen LogP contribution is 2.15. The van der Waals surface area contributed by atoms with E-state index in [2.05, 4.69) is 15.6 Å². The Morgan fingerprint density at radius 1 is 1.15 bits per heavy atom. The average molecular weight is 350 g/mol. The monoisotopic (exact) mass is 350 g/mol. The molecule has 26 heavy (non-hydrogen) atoms. The van der Waals surface area contributed by atoms with E-state index in [1.54, 1.807) is 42.5 Å². The second-order valence-corrected chi connectivity index (χ2v) is 6.00. The molecule has 0 aliphatic carbocycles. The highest BCUT2D eigenvalue weighted by atomic mass is 16.3. The van der Waals surface area contributed by atoms with Crippen LogP contribution in [0.3, 0.4) is 0 Å². The van der Waals surface area contributed by atoms with Gasteiger partial charge in [0.1, 0.15) is 5.75 Å². The highest BCUT2D eigenvalue weighted by molar-refractivity contribution is 6.05. The van der Waals surface area contributed by atoms with E-state index in [1.807, 2.05) is 13.8 Å². The Balaban J connectivity index is 1.97. The van der Waals surface area contributed by atoms with Gasteiger partial charge in [-0.2, -0.15) is 10.2 Å². The van der Waals surface area contributed by atoms with Crippen LogP contribution >= 0.6 is 0 Å². The standard InChI is InChI=1S/C19H18N4O3/c1-12(2)23-19(26)15-9-5-4-8-14(15)17(22-23)18(25)21-20-11-13-7-3-6-10-16(13)24/h3-12,24H,1-2H3,(H,21,25)/b20-11+. The van der Waals surface area contributed by atoms with Crippen LogP contribution in [0.25, 0.3) is 10.8 Å². The lowest BCUT2D eigenvalue weighted by molar-refractivity contribution is 0.0949. The fourth-order valence-electron chi connectivity index (χ4n) is 2.53. The first-order valence-electron chi connectivity index (χ1n) is 8.12. The number of aromatic hydroxyl groups is 1. The van der Waals surface area contributed by atoms with Gasteiger partial charge in [0.05, 0.1) is 17.6 Å². The van der Waals surface area contributed by atoms with E-state index in [0.717, 1.165) is 0 Å². The molecule has 0 unspecified atom stereocenters. The number of nitrogens with zero attached hydrogens (tertiary/aromatic N) is 3. The minimum absolute atomic E-state index is 0.0578. The molecule has 7 heteroatoms. The van der Waals surface area contributed by atoms with Gasteiger partial charge >= 0.3 is 0 Å². The van der Waals surface area contributed by atoms with Crippen molar-refractivity contribution in [1.29, 1.82) is 0 Å². The molecule has 1 heterocycles. The lowest BCUT2D eigenvalue weighted by atomic mass is 10.1. The first-order chi connectivity index (χ1) is 12.5. The number of fused-ring (bicyclic) bond motifs is 1. The van der Waals surface area contributed by atoms with Gasteiger partial charge in [0.15, 0.2) is 5.69 Å². The number of phenolic OH excluding ortho intramolecular Hbond substituents is 1. The molecule has 0 aliphatic heterocycles. The van der Waals surface area contributed by atoms with Gasteiger partial charge in [-0.1, -0.05) is 30.3 Å². The number of hydrogen-bond acceptors (Lipinski definition) is 5. The van der Waals surface area contributed by atoms with Crippen molar-refractivity contribution in [3.8, 4) is 5.75 Å². The quantitative estimate of drug-likeness (QED) is 0.558. The summed E-state index contributed by atoms with van der Waals surface area (Å²) in [5.74, 6) is -0.482. The summed E-state index contributed by atoms with van der Waals surface area (Å²) in [5.41, 5.74) is 2.73. The smallest absolute Gasteiger partial charge is 0.292 e. The fraction of sp³-hybridized carbons (Fsp3) is 0.158. The Morgan fingerprint density at radius 2 is 1.81 bits per heavy atom. The molecule has 0 saturated heterocycles. The summed E-state index contributed by atoms with van der Waals surface area (Å²) in [6.45, 7) is 3.64. The van der Waals surface area contributed by atoms with Gasteiger partial charge in [0.2, 0.25) is 0 Å². The van der Waals surface area contributed by atoms with Crippen molar-refractivity contribution in [3.05, 3.63) is 70.1 Å². The molecule has 3 rings (SSSR count). The van der Waals surface area contributed by atoms with Crippen LogP contribution in [0.2, 0.25) is 0 Å². The summed E-state index contributed by atoms with van der Waals surface area (Å²) in [4.78, 5) is 25.0. The lowest BCUT2D eigenvalue weighted by Gasteiger charge is -2.12. The van der Waals surface area contributed by atoms with Crippen molar-refractivity contribution in [2.45, 2.75) is 19.9 Å². The van der Waals surface area contributed by atoms with Crippen LogP contribution in [0.4, 0.5) is 0 Å². The molecular weight excluding hydrogens is 332 g/mol. The molecule has 2 aromatic carbocycles. The van der Waals surface area contributed by atoms with E-state index in [4.69, 9.17) is 0 Å². The van der Waals surface area contributed by atoms with Crippen molar-refractivity contribution < 1.29 is 9.90 Å². The molecule has 7 nitrogen and oxygen atoms in total. The summed E-state index contributed by atoms with van der Waals surface area (Å²) in [6, 6.07) is 13.3. The van der Waals surface area contributed by atoms with Gasteiger partial charge in [0.25, 0.3) is 11.5 Å². The number of phenols is 1. The third-order valence-corrected chi connectivity index (χ3v) is 3.84. The predicted molar refractivity (Wildman–Crippen MR) is 99.6 cm³/mol. The maximum Gasteiger partial charge on any atom is 0.292 e. The minimum Gasteiger partial charge on any atom is -0.507 e. The molecule has 132 valence electrons. The van der Waals surface area contributed by atoms with E-state index in [-0.39, 0.29) is 23.0 Å². The third kappa shape index (κ3) is 3.32. The third-order valence-electron chi connectivity index (χ3n) is 3.84. The lowest BCUT2D eigenvalue weighted by Crippen LogP contribution is -2.30. The number of hydrazone groups is 1. The van der Waals surface area contributed by atoms with Crippen LogP contribution in [0.5, 0.6) is 5.75 Å². The molecule has 2 N–H and O–H groups in total. The van der Waals surface area contributed by atoms with E-state index in [9.17, 15) is 14.7 Å². The molecule has 0 saturated carbocycles. The molecule has 0 aliphatic rings. The van der Waals surface area contributed by atoms with Crippen molar-refractivity contribution in [3.63, 3.8) is 0 Å². The number of rotatable bonds is 4. The number of nitrogens with one attached hydrogen (secondary N) is 1. The molecule has 1 amide bonds. The number of aromatic nitrogens is 2. The van der Waals surface area contributed by atoms with Gasteiger partial charge in [0, 0.05) is 10.9 Å². The number of hydrogen-bond donors (Lipinski definition) is 2. The molecule has 0 spiro atoms. The molecule has 1 aromatic heterocycles. The van der Waals surface area contributed by atoms with Gasteiger partial charge < -0.3 is 5.11 Å². The maximum absolute atomic E-state index is 12.6. The van der Waals surface area contributed by atoms with Crippen LogP contribution in [-0.4, -0.2) is 27.0 Å². The SMILES string of the molecule is CC(C)n1nc(C(=O)N/N=C/c2ccccc2O)c2ccccc2c1=O. The first kappa shape index (κ1) is 17.3. The Bertz CT molecular complexity index is 1050. The van der Waals surface area contributed by atoms with Crippen LogP contribution in [0.1, 0.15) is 35.9 Å². The number of carbonyl (C=O) groups excluding carboxylic acids is 1. The Hall–Kier alpha value is -3.48. The van der Waals surface area contributed by atoms with Gasteiger partial charge in [-0.15, -0.1) is 0 Å². The van der Waals surface area contributed by atoms with E-state index in [1.165, 1.54) is 17.0 Å². The average Bonchev–Trinajstić information content (AvgIpc) is 2.63. The predicted octanol–water partition coefficient (Wildman–Crippen LogP) is 2.45. The van der Waals surface area contributed by atoms with Crippen LogP contribution in [0.15, 0.2) is 58.4 Å². The topological polar surface area (TPSA) is 96.6 Å². The Kier molecular flexibility index (Phi) is 4.79. The van der Waals surface area contributed by atoms with Crippen molar-refractivity contribution >= 4 is 22.9 Å². The number of carbonyl (C=O) groups is 1. The van der Waals surface area contributed by atoms with Crippen molar-refractivity contribution in [1.82, 2.24) is 15.2 Å². The normalized spacial score (nSPS) is 11.3. The zero-order valence-corrected chi connectivity index (χ0v) is 14.4. The summed E-state index contributed by atoms with van der Waals surface area (Å²) in [7, 11) is 0. The van der Waals surface area contributed by atoms with Crippen LogP contribution < -0.4 is 11.0 Å². The van der Waals surface area contributed by atoms with Crippen LogP contribution in [-0.2, 0) is 0 Å². The molecule has 0 radical (unpaired) electrons. The molecule has 3 aromatic rings. The summed E-state index contributed by atoms with van der Waals surface area (Å²) in [6.07, 6.45) is 1.34.